The molecule has 558 valence electrons. The van der Waals surface area contributed by atoms with Gasteiger partial charge >= 0.3 is 6.03 Å². The van der Waals surface area contributed by atoms with E-state index in [4.69, 9.17) is 35.8 Å². The first-order chi connectivity index (χ1) is 51.1. The molecule has 3 aliphatic heterocycles. The maximum Gasteiger partial charge on any atom is 0.332 e. The lowest BCUT2D eigenvalue weighted by atomic mass is 9.87. The number of pyridine rings is 1. The lowest BCUT2D eigenvalue weighted by molar-refractivity contribution is -0.133. The number of imide groups is 1. The molecule has 1 aliphatic carbocycles. The van der Waals surface area contributed by atoms with Crippen LogP contribution in [-0.2, 0) is 66.9 Å². The lowest BCUT2D eigenvalue weighted by Crippen LogP contribution is -2.56. The number of aromatic amines is 1. The van der Waals surface area contributed by atoms with E-state index in [0.717, 1.165) is 84.2 Å². The van der Waals surface area contributed by atoms with Crippen LogP contribution in [0, 0.1) is 11.8 Å². The van der Waals surface area contributed by atoms with Crippen LogP contribution in [0.3, 0.4) is 0 Å². The highest BCUT2D eigenvalue weighted by Gasteiger charge is 2.45. The quantitative estimate of drug-likeness (QED) is 0.00964. The molecule has 3 saturated heterocycles. The summed E-state index contributed by atoms with van der Waals surface area (Å²) >= 11 is 0. The number of likely N-dealkylation sites (tertiary alicyclic amines) is 1. The molecule has 4 aliphatic rings. The third-order valence-electron chi connectivity index (χ3n) is 19.4. The Morgan fingerprint density at radius 1 is 0.774 bits per heavy atom. The first-order valence-corrected chi connectivity index (χ1v) is 35.4. The number of amides is 10. The van der Waals surface area contributed by atoms with Crippen LogP contribution in [0.4, 0.5) is 16.4 Å². The zero-order chi connectivity index (χ0) is 75.1. The summed E-state index contributed by atoms with van der Waals surface area (Å²) in [5, 5.41) is 20.4. The van der Waals surface area contributed by atoms with Crippen molar-refractivity contribution in [1.82, 2.24) is 72.0 Å². The second kappa shape index (κ2) is 34.6. The number of carbonyl (C=O) groups is 9. The van der Waals surface area contributed by atoms with Crippen LogP contribution in [-0.4, -0.2) is 198 Å². The number of methoxy groups -OCH3 is 1. The largest absolute Gasteiger partial charge is 0.495 e. The molecule has 0 bridgehead atoms. The lowest BCUT2D eigenvalue weighted by Gasteiger charge is -2.45. The zero-order valence-electron chi connectivity index (χ0n) is 59.7. The van der Waals surface area contributed by atoms with Crippen molar-refractivity contribution in [2.24, 2.45) is 18.6 Å². The number of aryl methyl sites for hydroxylation is 1. The number of urea groups is 1. The fraction of sp³-hybridized carbons (Fsp3) is 0.413. The number of ether oxygens (including phenoxy) is 3. The van der Waals surface area contributed by atoms with Gasteiger partial charge in [-0.3, -0.25) is 59.3 Å². The van der Waals surface area contributed by atoms with Crippen LogP contribution in [0.2, 0.25) is 0 Å². The van der Waals surface area contributed by atoms with Crippen LogP contribution in [0.5, 0.6) is 5.75 Å². The number of rotatable bonds is 31. The normalized spacial score (nSPS) is 16.6. The predicted molar refractivity (Wildman–Crippen MR) is 394 cm³/mol. The maximum absolute atomic E-state index is 14.1. The van der Waals surface area contributed by atoms with E-state index in [1.54, 1.807) is 66.3 Å². The highest BCUT2D eigenvalue weighted by atomic mass is 16.6. The second-order valence-corrected chi connectivity index (χ2v) is 27.1. The van der Waals surface area contributed by atoms with Crippen molar-refractivity contribution in [3.8, 4) is 28.7 Å². The number of nitrogens with one attached hydrogen (secondary N) is 9. The van der Waals surface area contributed by atoms with Crippen molar-refractivity contribution in [2.75, 3.05) is 95.8 Å². The summed E-state index contributed by atoms with van der Waals surface area (Å²) in [4.78, 5) is 150. The molecule has 0 unspecified atom stereocenters. The third-order valence-corrected chi connectivity index (χ3v) is 19.4. The molecule has 10 amide bonds. The van der Waals surface area contributed by atoms with Crippen molar-refractivity contribution < 1.29 is 57.4 Å². The minimum atomic E-state index is -1.37. The molecule has 6 heterocycles. The van der Waals surface area contributed by atoms with E-state index in [1.165, 1.54) is 18.9 Å². The molecular formula is C75H90N18O13. The molecule has 106 heavy (non-hydrogen) atoms. The molecule has 3 atom stereocenters. The summed E-state index contributed by atoms with van der Waals surface area (Å²) in [6.07, 6.45) is 8.09. The Morgan fingerprint density at radius 2 is 1.49 bits per heavy atom. The van der Waals surface area contributed by atoms with Gasteiger partial charge in [-0.15, -0.1) is 0 Å². The Labute approximate surface area is 611 Å². The number of H-pyrrole nitrogens is 1. The topological polar surface area (TPSA) is 406 Å². The average Bonchev–Trinajstić information content (AvgIpc) is 0.857. The van der Waals surface area contributed by atoms with Gasteiger partial charge in [0.1, 0.15) is 36.7 Å². The summed E-state index contributed by atoms with van der Waals surface area (Å²) in [6.45, 7) is 4.83. The maximum atomic E-state index is 14.1. The van der Waals surface area contributed by atoms with Gasteiger partial charge in [-0.2, -0.15) is 0 Å². The van der Waals surface area contributed by atoms with Crippen LogP contribution < -0.4 is 74.3 Å². The van der Waals surface area contributed by atoms with E-state index in [0.29, 0.717) is 70.7 Å². The van der Waals surface area contributed by atoms with Crippen molar-refractivity contribution in [3.05, 3.63) is 148 Å². The molecule has 31 nitrogen and oxygen atoms in total. The van der Waals surface area contributed by atoms with Crippen molar-refractivity contribution in [3.63, 3.8) is 0 Å². The summed E-state index contributed by atoms with van der Waals surface area (Å²) in [6, 6.07) is 28.9. The number of anilines is 2. The van der Waals surface area contributed by atoms with Gasteiger partial charge in [0.25, 0.3) is 5.56 Å². The number of fused-ring (bicyclic) bond motifs is 2. The monoisotopic (exact) mass is 1450 g/mol. The molecule has 0 spiro atoms. The number of hydrazine groups is 1. The molecule has 31 heteroatoms. The Hall–Kier alpha value is -11.1. The van der Waals surface area contributed by atoms with Gasteiger partial charge in [0.2, 0.25) is 53.2 Å². The van der Waals surface area contributed by atoms with Gasteiger partial charge in [-0.05, 0) is 98.5 Å². The fourth-order valence-electron chi connectivity index (χ4n) is 13.6. The summed E-state index contributed by atoms with van der Waals surface area (Å²) in [5.74, 6) is 7.53. The van der Waals surface area contributed by atoms with E-state index in [2.05, 4.69) is 76.2 Å². The van der Waals surface area contributed by atoms with E-state index >= 15 is 0 Å². The van der Waals surface area contributed by atoms with E-state index in [-0.39, 0.29) is 56.5 Å². The van der Waals surface area contributed by atoms with E-state index < -0.39 is 97.2 Å². The Balaban J connectivity index is 0.721. The zero-order valence-corrected chi connectivity index (χ0v) is 59.7. The van der Waals surface area contributed by atoms with E-state index in [1.807, 2.05) is 60.8 Å². The SMILES string of the molecule is COc1ccc(C#CCNC2(C)CCN(C3CCN(c4nc([C@@](COCNC(=O)[C@H](CC(N)=O)NC(C)=O)(OC5CC5)c5ccccc5)c5cc(-c6cn(C)c(=O)c7[nH]ccc67)ccc5n4)CC3)CC2)cc1N1CCC(=O)N(CNC(=O)CNC(=O)[C@H](Cc2ccccc2)NC(=O)CNC(=O)CNN)C1=O. The van der Waals surface area contributed by atoms with Gasteiger partial charge in [0.15, 0.2) is 5.60 Å². The highest BCUT2D eigenvalue weighted by Crippen LogP contribution is 2.44. The predicted octanol–water partition coefficient (Wildman–Crippen LogP) is 1.50. The molecular weight excluding hydrogens is 1360 g/mol. The Morgan fingerprint density at radius 3 is 2.20 bits per heavy atom. The van der Waals surface area contributed by atoms with Crippen molar-refractivity contribution in [1.29, 1.82) is 0 Å². The van der Waals surface area contributed by atoms with Crippen LogP contribution in [0.25, 0.3) is 32.9 Å². The number of nitrogens with zero attached hydrogens (tertiary/aromatic N) is 7. The number of nitrogens with two attached hydrogens (primary N) is 2. The molecule has 4 aromatic carbocycles. The molecule has 7 aromatic rings. The molecule has 11 rings (SSSR count). The van der Waals surface area contributed by atoms with Gasteiger partial charge in [0, 0.05) is 105 Å². The molecule has 0 radical (unpaired) electrons. The average molecular weight is 1450 g/mol. The first kappa shape index (κ1) is 76.0. The smallest absolute Gasteiger partial charge is 0.332 e. The van der Waals surface area contributed by atoms with Crippen LogP contribution >= 0.6 is 0 Å². The minimum Gasteiger partial charge on any atom is -0.495 e. The summed E-state index contributed by atoms with van der Waals surface area (Å²) in [5.41, 5.74) is 11.7. The molecule has 4 fully saturated rings. The first-order valence-electron chi connectivity index (χ1n) is 35.4. The second-order valence-electron chi connectivity index (χ2n) is 27.1. The number of benzene rings is 4. The number of piperidine rings is 2. The third kappa shape index (κ3) is 18.9. The Kier molecular flexibility index (Phi) is 24.8. The molecule has 3 aromatic heterocycles. The molecule has 13 N–H and O–H groups in total. The van der Waals surface area contributed by atoms with Crippen molar-refractivity contribution in [2.45, 2.75) is 107 Å². The van der Waals surface area contributed by atoms with Crippen molar-refractivity contribution >= 4 is 86.7 Å². The van der Waals surface area contributed by atoms with Gasteiger partial charge < -0.3 is 76.5 Å². The van der Waals surface area contributed by atoms with Gasteiger partial charge in [-0.1, -0.05) is 78.6 Å². The van der Waals surface area contributed by atoms with Crippen LogP contribution in [0.15, 0.2) is 120 Å². The minimum absolute atomic E-state index is 0.0359. The van der Waals surface area contributed by atoms with Gasteiger partial charge in [-0.25, -0.2) is 19.7 Å². The van der Waals surface area contributed by atoms with E-state index in [9.17, 15) is 47.9 Å². The standard InChI is InChI=1S/C75H90N18O13/c1-47(94)85-59(39-62(76)95)70(101)82-46-105-44-75(106-53-19-20-53,51-15-9-6-10-16-51)68-55-38-50(56-43-89(3)71(102)67-54(56)23-30-78-67)18-21-57(55)87-72(88-68)91-31-24-52(25-32-91)90-34-27-74(2,28-35-90)83-29-11-14-49-17-22-61(104-4)60(37-49)92-33-26-66(99)93(73(92)103)45-81-63(96)40-80-69(100)58(36-48-12-7-5-8-13-48)86-65(98)41-79-64(97)42-84-77/h5-10,12-13,15-18,21-23,30,37-38,43,52-53,58-59,78,83-84H,19-20,24-29,31-36,39-42,44-46,77H2,1-4H3,(H2,76,95)(H,79,97)(H,80,100)(H,81,96)(H,82,101)(H,85,94)(H,86,98)/t58-,59-,75-/m0/s1. The highest BCUT2D eigenvalue weighted by molar-refractivity contribution is 6.07. The Bertz CT molecular complexity index is 4510. The summed E-state index contributed by atoms with van der Waals surface area (Å²) < 4.78 is 20.9. The fourth-order valence-corrected chi connectivity index (χ4v) is 13.6. The molecule has 1 saturated carbocycles. The van der Waals surface area contributed by atoms with Crippen LogP contribution in [0.1, 0.15) is 87.6 Å². The number of primary amides is 1. The number of hydrogen-bond acceptors (Lipinski definition) is 20. The number of aromatic nitrogens is 4. The van der Waals surface area contributed by atoms with Gasteiger partial charge in [0.05, 0.1) is 69.3 Å². The number of carbonyl (C=O) groups excluding carboxylic acids is 9. The number of hydrogen-bond donors (Lipinski definition) is 11. The summed E-state index contributed by atoms with van der Waals surface area (Å²) in [7, 11) is 3.19.